The molecular weight excluding hydrogens is 222 g/mol. The van der Waals surface area contributed by atoms with Crippen LogP contribution in [-0.4, -0.2) is 0 Å². The Balaban J connectivity index is 2.54. The number of furan rings is 1. The first-order valence-electron chi connectivity index (χ1n) is 4.80. The van der Waals surface area contributed by atoms with Crippen LogP contribution in [0.2, 0.25) is 5.02 Å². The molecule has 2 aromatic carbocycles. The Hall–Kier alpha value is -1.98. The first kappa shape index (κ1) is 9.26. The van der Waals surface area contributed by atoms with Crippen LogP contribution < -0.4 is 0 Å². The van der Waals surface area contributed by atoms with Crippen LogP contribution >= 0.6 is 11.6 Å². The molecule has 0 saturated heterocycles. The molecule has 0 aliphatic rings. The molecule has 0 bridgehead atoms. The van der Waals surface area contributed by atoms with Gasteiger partial charge in [0.1, 0.15) is 5.58 Å². The maximum Gasteiger partial charge on any atom is 0.153 e. The Kier molecular flexibility index (Phi) is 1.89. The lowest BCUT2D eigenvalue weighted by Crippen LogP contribution is -1.72. The summed E-state index contributed by atoms with van der Waals surface area (Å²) in [6.07, 6.45) is 0. The van der Waals surface area contributed by atoms with E-state index in [1.807, 2.05) is 18.2 Å². The van der Waals surface area contributed by atoms with Gasteiger partial charge in [-0.25, -0.2) is 0 Å². The van der Waals surface area contributed by atoms with E-state index in [-0.39, 0.29) is 0 Å². The third-order valence-corrected chi connectivity index (χ3v) is 2.88. The SMILES string of the molecule is N#Cc1ccc2oc3c(Cl)cccc3c2c1. The number of rotatable bonds is 0. The van der Waals surface area contributed by atoms with Crippen LogP contribution in [0.1, 0.15) is 5.56 Å². The van der Waals surface area contributed by atoms with Crippen LogP contribution in [-0.2, 0) is 0 Å². The molecule has 1 heterocycles. The highest BCUT2D eigenvalue weighted by molar-refractivity contribution is 6.35. The third-order valence-electron chi connectivity index (χ3n) is 2.58. The molecule has 0 radical (unpaired) electrons. The second-order valence-corrected chi connectivity index (χ2v) is 3.95. The van der Waals surface area contributed by atoms with Crippen molar-refractivity contribution in [1.29, 1.82) is 5.26 Å². The van der Waals surface area contributed by atoms with E-state index in [1.54, 1.807) is 18.2 Å². The zero-order valence-electron chi connectivity index (χ0n) is 8.20. The molecule has 0 atom stereocenters. The van der Waals surface area contributed by atoms with E-state index in [9.17, 15) is 0 Å². The number of fused-ring (bicyclic) bond motifs is 3. The first-order chi connectivity index (χ1) is 7.79. The maximum atomic E-state index is 8.85. The van der Waals surface area contributed by atoms with Crippen molar-refractivity contribution in [3.63, 3.8) is 0 Å². The summed E-state index contributed by atoms with van der Waals surface area (Å²) in [6.45, 7) is 0. The summed E-state index contributed by atoms with van der Waals surface area (Å²) in [4.78, 5) is 0. The smallest absolute Gasteiger partial charge is 0.153 e. The minimum absolute atomic E-state index is 0.590. The van der Waals surface area contributed by atoms with Crippen LogP contribution in [0.15, 0.2) is 40.8 Å². The second kappa shape index (κ2) is 3.26. The lowest BCUT2D eigenvalue weighted by atomic mass is 10.1. The molecule has 0 saturated carbocycles. The predicted molar refractivity (Wildman–Crippen MR) is 63.4 cm³/mol. The molecule has 0 aliphatic carbocycles. The summed E-state index contributed by atoms with van der Waals surface area (Å²) >= 11 is 6.04. The molecule has 0 unspecified atom stereocenters. The summed E-state index contributed by atoms with van der Waals surface area (Å²) in [5.41, 5.74) is 2.05. The number of halogens is 1. The van der Waals surface area contributed by atoms with Gasteiger partial charge in [-0.2, -0.15) is 5.26 Å². The fourth-order valence-corrected chi connectivity index (χ4v) is 2.05. The van der Waals surface area contributed by atoms with Crippen molar-refractivity contribution in [2.24, 2.45) is 0 Å². The summed E-state index contributed by atoms with van der Waals surface area (Å²) < 4.78 is 5.64. The molecule has 16 heavy (non-hydrogen) atoms. The average Bonchev–Trinajstić information content (AvgIpc) is 2.68. The van der Waals surface area contributed by atoms with Crippen molar-refractivity contribution in [1.82, 2.24) is 0 Å². The van der Waals surface area contributed by atoms with E-state index in [0.717, 1.165) is 16.4 Å². The number of nitriles is 1. The largest absolute Gasteiger partial charge is 0.454 e. The first-order valence-corrected chi connectivity index (χ1v) is 5.18. The van der Waals surface area contributed by atoms with Gasteiger partial charge in [-0.15, -0.1) is 0 Å². The monoisotopic (exact) mass is 227 g/mol. The van der Waals surface area contributed by atoms with Crippen LogP contribution in [0.3, 0.4) is 0 Å². The number of hydrogen-bond acceptors (Lipinski definition) is 2. The third kappa shape index (κ3) is 1.19. The number of benzene rings is 2. The van der Waals surface area contributed by atoms with Gasteiger partial charge in [0.05, 0.1) is 16.7 Å². The Bertz CT molecular complexity index is 737. The van der Waals surface area contributed by atoms with Crippen LogP contribution in [0.25, 0.3) is 21.9 Å². The molecule has 76 valence electrons. The van der Waals surface area contributed by atoms with E-state index >= 15 is 0 Å². The zero-order valence-corrected chi connectivity index (χ0v) is 8.95. The highest BCUT2D eigenvalue weighted by Crippen LogP contribution is 2.33. The second-order valence-electron chi connectivity index (χ2n) is 3.54. The molecule has 0 aliphatic heterocycles. The summed E-state index contributed by atoms with van der Waals surface area (Å²) in [5, 5.41) is 11.3. The Morgan fingerprint density at radius 2 is 2.00 bits per heavy atom. The molecule has 0 spiro atoms. The highest BCUT2D eigenvalue weighted by atomic mass is 35.5. The number of para-hydroxylation sites is 1. The fraction of sp³-hybridized carbons (Fsp3) is 0. The van der Waals surface area contributed by atoms with Gasteiger partial charge in [0.2, 0.25) is 0 Å². The summed E-state index contributed by atoms with van der Waals surface area (Å²) in [6, 6.07) is 13.1. The van der Waals surface area contributed by atoms with Crippen LogP contribution in [0.5, 0.6) is 0 Å². The lowest BCUT2D eigenvalue weighted by molar-refractivity contribution is 0.669. The predicted octanol–water partition coefficient (Wildman–Crippen LogP) is 4.11. The van der Waals surface area contributed by atoms with Gasteiger partial charge in [-0.1, -0.05) is 23.7 Å². The van der Waals surface area contributed by atoms with E-state index in [1.165, 1.54) is 0 Å². The van der Waals surface area contributed by atoms with Crippen LogP contribution in [0, 0.1) is 11.3 Å². The lowest BCUT2D eigenvalue weighted by Gasteiger charge is -1.90. The van der Waals surface area contributed by atoms with Gasteiger partial charge in [-0.05, 0) is 24.3 Å². The van der Waals surface area contributed by atoms with E-state index in [2.05, 4.69) is 6.07 Å². The van der Waals surface area contributed by atoms with E-state index < -0.39 is 0 Å². The quantitative estimate of drug-likeness (QED) is 0.580. The zero-order chi connectivity index (χ0) is 11.1. The maximum absolute atomic E-state index is 8.85. The molecule has 2 nitrogen and oxygen atoms in total. The minimum Gasteiger partial charge on any atom is -0.454 e. The molecule has 3 aromatic rings. The van der Waals surface area contributed by atoms with Crippen LogP contribution in [0.4, 0.5) is 0 Å². The van der Waals surface area contributed by atoms with Crippen molar-refractivity contribution in [3.05, 3.63) is 47.0 Å². The van der Waals surface area contributed by atoms with Gasteiger partial charge in [0.25, 0.3) is 0 Å². The molecule has 0 fully saturated rings. The van der Waals surface area contributed by atoms with Crippen molar-refractivity contribution >= 4 is 33.5 Å². The summed E-state index contributed by atoms with van der Waals surface area (Å²) in [5.74, 6) is 0. The van der Waals surface area contributed by atoms with Crippen molar-refractivity contribution < 1.29 is 4.42 Å². The molecule has 0 amide bonds. The van der Waals surface area contributed by atoms with Gasteiger partial charge in [0.15, 0.2) is 5.58 Å². The van der Waals surface area contributed by atoms with E-state index in [4.69, 9.17) is 21.3 Å². The Morgan fingerprint density at radius 1 is 1.12 bits per heavy atom. The van der Waals surface area contributed by atoms with Crippen molar-refractivity contribution in [2.45, 2.75) is 0 Å². The fourth-order valence-electron chi connectivity index (χ4n) is 1.83. The highest BCUT2D eigenvalue weighted by Gasteiger charge is 2.09. The molecule has 3 rings (SSSR count). The topological polar surface area (TPSA) is 36.9 Å². The minimum atomic E-state index is 0.590. The van der Waals surface area contributed by atoms with Gasteiger partial charge in [-0.3, -0.25) is 0 Å². The molecule has 0 N–H and O–H groups in total. The number of nitrogens with zero attached hydrogens (tertiary/aromatic N) is 1. The number of hydrogen-bond donors (Lipinski definition) is 0. The average molecular weight is 228 g/mol. The van der Waals surface area contributed by atoms with Gasteiger partial charge >= 0.3 is 0 Å². The summed E-state index contributed by atoms with van der Waals surface area (Å²) in [7, 11) is 0. The van der Waals surface area contributed by atoms with E-state index in [0.29, 0.717) is 16.2 Å². The molecule has 3 heteroatoms. The standard InChI is InChI=1S/C13H6ClNO/c14-11-3-1-2-9-10-6-8(7-15)4-5-12(10)16-13(9)11/h1-6H. The van der Waals surface area contributed by atoms with Gasteiger partial charge < -0.3 is 4.42 Å². The molecule has 1 aromatic heterocycles. The Labute approximate surface area is 96.6 Å². The van der Waals surface area contributed by atoms with Crippen molar-refractivity contribution in [2.75, 3.05) is 0 Å². The molecular formula is C13H6ClNO. The van der Waals surface area contributed by atoms with Crippen molar-refractivity contribution in [3.8, 4) is 6.07 Å². The normalized spacial score (nSPS) is 10.8. The Morgan fingerprint density at radius 3 is 2.81 bits per heavy atom. The van der Waals surface area contributed by atoms with Gasteiger partial charge in [0, 0.05) is 10.8 Å².